The molecule has 0 amide bonds. The maximum Gasteiger partial charge on any atom is 0.191 e. The molecule has 0 fully saturated rings. The topological polar surface area (TPSA) is 139 Å². The van der Waals surface area contributed by atoms with Crippen LogP contribution in [0.3, 0.4) is 0 Å². The lowest BCUT2D eigenvalue weighted by atomic mass is 10.2. The zero-order valence-electron chi connectivity index (χ0n) is 22.3. The number of nitrogens with zero attached hydrogens (tertiary/aromatic N) is 6. The summed E-state index contributed by atoms with van der Waals surface area (Å²) in [4.78, 5) is 2.75. The Kier molecular flexibility index (Phi) is 7.06. The molecule has 2 N–H and O–H groups in total. The SMILES string of the molecule is Cc1cc(OCOCOCOc2cc(C)c(O)c(-n3nc4ccccc4n3)c2)cc(-n2nc3ccccc3n2)c1O. The maximum absolute atomic E-state index is 10.6. The van der Waals surface area contributed by atoms with Crippen LogP contribution in [0.15, 0.2) is 72.8 Å². The first-order chi connectivity index (χ1) is 20.0. The molecule has 4 aromatic carbocycles. The third-order valence-electron chi connectivity index (χ3n) is 6.30. The van der Waals surface area contributed by atoms with Gasteiger partial charge in [0.05, 0.1) is 0 Å². The van der Waals surface area contributed by atoms with Crippen LogP contribution in [0.4, 0.5) is 0 Å². The summed E-state index contributed by atoms with van der Waals surface area (Å²) in [6.45, 7) is 3.24. The molecule has 0 saturated carbocycles. The molecule has 0 spiro atoms. The van der Waals surface area contributed by atoms with E-state index in [2.05, 4.69) is 20.4 Å². The first kappa shape index (κ1) is 26.0. The van der Waals surface area contributed by atoms with Crippen LogP contribution >= 0.6 is 0 Å². The van der Waals surface area contributed by atoms with Gasteiger partial charge in [0.1, 0.15) is 56.4 Å². The monoisotopic (exact) mass is 554 g/mol. The summed E-state index contributed by atoms with van der Waals surface area (Å²) in [5.74, 6) is 1.06. The molecule has 12 heteroatoms. The molecule has 2 aromatic heterocycles. The van der Waals surface area contributed by atoms with Crippen LogP contribution in [0, 0.1) is 13.8 Å². The number of phenols is 2. The maximum atomic E-state index is 10.6. The molecular weight excluding hydrogens is 528 g/mol. The summed E-state index contributed by atoms with van der Waals surface area (Å²) in [6.07, 6.45) is 0. The van der Waals surface area contributed by atoms with Crippen molar-refractivity contribution in [2.75, 3.05) is 20.4 Å². The van der Waals surface area contributed by atoms with Crippen molar-refractivity contribution in [1.29, 1.82) is 0 Å². The van der Waals surface area contributed by atoms with E-state index in [9.17, 15) is 10.2 Å². The highest BCUT2D eigenvalue weighted by Crippen LogP contribution is 2.32. The van der Waals surface area contributed by atoms with Crippen LogP contribution in [0.5, 0.6) is 23.0 Å². The Morgan fingerprint density at radius 2 is 0.927 bits per heavy atom. The summed E-state index contributed by atoms with van der Waals surface area (Å²) in [5.41, 5.74) is 4.84. The van der Waals surface area contributed by atoms with Gasteiger partial charge in [-0.3, -0.25) is 0 Å². The standard InChI is InChI=1S/C29H26N6O6/c1-18-11-20(13-26(28(18)36)34-30-22-7-3-4-8-23(22)31-34)40-16-38-15-39-17-41-21-12-19(2)29(37)27(14-21)35-32-24-9-5-6-10-25(24)33-35/h3-14,36-37H,15-17H2,1-2H3. The Balaban J connectivity index is 1.02. The van der Waals surface area contributed by atoms with Crippen LogP contribution < -0.4 is 9.47 Å². The highest BCUT2D eigenvalue weighted by molar-refractivity contribution is 5.74. The number of aromatic hydroxyl groups is 2. The number of fused-ring (bicyclic) bond motifs is 2. The second kappa shape index (κ2) is 11.1. The average Bonchev–Trinajstić information content (AvgIpc) is 3.60. The smallest absolute Gasteiger partial charge is 0.191 e. The third-order valence-corrected chi connectivity index (χ3v) is 6.30. The molecular formula is C29H26N6O6. The summed E-state index contributed by atoms with van der Waals surface area (Å²) in [7, 11) is 0. The minimum atomic E-state index is -0.0981. The van der Waals surface area contributed by atoms with Gasteiger partial charge in [0, 0.05) is 12.1 Å². The van der Waals surface area contributed by atoms with Crippen molar-refractivity contribution >= 4 is 22.1 Å². The second-order valence-electron chi connectivity index (χ2n) is 9.22. The van der Waals surface area contributed by atoms with Crippen molar-refractivity contribution in [3.05, 3.63) is 83.9 Å². The Hall–Kier alpha value is -5.20. The Morgan fingerprint density at radius 3 is 1.29 bits per heavy atom. The van der Waals surface area contributed by atoms with E-state index in [0.29, 0.717) is 56.1 Å². The van der Waals surface area contributed by atoms with Crippen molar-refractivity contribution < 1.29 is 29.2 Å². The van der Waals surface area contributed by atoms with E-state index in [4.69, 9.17) is 18.9 Å². The summed E-state index contributed by atoms with van der Waals surface area (Å²) >= 11 is 0. The van der Waals surface area contributed by atoms with Crippen LogP contribution in [0.2, 0.25) is 0 Å². The van der Waals surface area contributed by atoms with Crippen molar-refractivity contribution in [3.8, 4) is 34.4 Å². The number of phenolic OH excluding ortho intramolecular Hbond substituents is 2. The zero-order chi connectivity index (χ0) is 28.3. The van der Waals surface area contributed by atoms with Gasteiger partial charge < -0.3 is 29.2 Å². The first-order valence-corrected chi connectivity index (χ1v) is 12.7. The van der Waals surface area contributed by atoms with Gasteiger partial charge in [-0.1, -0.05) is 24.3 Å². The lowest BCUT2D eigenvalue weighted by molar-refractivity contribution is -0.130. The Labute approximate surface area is 233 Å². The number of benzene rings is 4. The van der Waals surface area contributed by atoms with E-state index in [0.717, 1.165) is 0 Å². The minimum absolute atomic E-state index is 0.0586. The number of aromatic nitrogens is 6. The van der Waals surface area contributed by atoms with E-state index in [1.165, 1.54) is 9.59 Å². The van der Waals surface area contributed by atoms with Crippen molar-refractivity contribution in [3.63, 3.8) is 0 Å². The fraction of sp³-hybridized carbons (Fsp3) is 0.172. The molecule has 0 atom stereocenters. The molecule has 0 saturated heterocycles. The van der Waals surface area contributed by atoms with Gasteiger partial charge in [0.2, 0.25) is 0 Å². The fourth-order valence-corrected chi connectivity index (χ4v) is 4.21. The summed E-state index contributed by atoms with van der Waals surface area (Å²) in [6, 6.07) is 21.5. The molecule has 0 aliphatic heterocycles. The van der Waals surface area contributed by atoms with Gasteiger partial charge in [0.15, 0.2) is 20.4 Å². The van der Waals surface area contributed by atoms with Gasteiger partial charge in [-0.15, -0.1) is 30.0 Å². The summed E-state index contributed by atoms with van der Waals surface area (Å²) < 4.78 is 22.2. The van der Waals surface area contributed by atoms with E-state index in [-0.39, 0.29) is 31.9 Å². The molecule has 208 valence electrons. The normalized spacial score (nSPS) is 11.4. The van der Waals surface area contributed by atoms with E-state index in [1.54, 1.807) is 38.1 Å². The van der Waals surface area contributed by atoms with E-state index < -0.39 is 0 Å². The molecule has 2 heterocycles. The van der Waals surface area contributed by atoms with Gasteiger partial charge in [0.25, 0.3) is 0 Å². The average molecular weight is 555 g/mol. The van der Waals surface area contributed by atoms with Gasteiger partial charge in [-0.05, 0) is 61.4 Å². The quantitative estimate of drug-likeness (QED) is 0.183. The van der Waals surface area contributed by atoms with Gasteiger partial charge in [-0.2, -0.15) is 0 Å². The molecule has 12 nitrogen and oxygen atoms in total. The molecule has 0 radical (unpaired) electrons. The fourth-order valence-electron chi connectivity index (χ4n) is 4.21. The summed E-state index contributed by atoms with van der Waals surface area (Å²) in [5, 5.41) is 38.8. The molecule has 41 heavy (non-hydrogen) atoms. The van der Waals surface area contributed by atoms with Crippen molar-refractivity contribution in [2.45, 2.75) is 13.8 Å². The van der Waals surface area contributed by atoms with Crippen LogP contribution in [-0.2, 0) is 9.47 Å². The van der Waals surface area contributed by atoms with Crippen LogP contribution in [0.1, 0.15) is 11.1 Å². The minimum Gasteiger partial charge on any atom is -0.505 e. The molecule has 6 aromatic rings. The number of hydrogen-bond donors (Lipinski definition) is 2. The number of ether oxygens (including phenoxy) is 4. The number of aryl methyl sites for hydroxylation is 2. The largest absolute Gasteiger partial charge is 0.505 e. The van der Waals surface area contributed by atoms with E-state index >= 15 is 0 Å². The van der Waals surface area contributed by atoms with Crippen molar-refractivity contribution in [1.82, 2.24) is 30.0 Å². The van der Waals surface area contributed by atoms with Gasteiger partial charge in [-0.25, -0.2) is 0 Å². The highest BCUT2D eigenvalue weighted by atomic mass is 16.8. The molecule has 0 unspecified atom stereocenters. The zero-order valence-corrected chi connectivity index (χ0v) is 22.3. The van der Waals surface area contributed by atoms with Crippen LogP contribution in [-0.4, -0.2) is 60.6 Å². The van der Waals surface area contributed by atoms with Crippen molar-refractivity contribution in [2.24, 2.45) is 0 Å². The number of hydrogen-bond acceptors (Lipinski definition) is 10. The third kappa shape index (κ3) is 5.46. The lowest BCUT2D eigenvalue weighted by Gasteiger charge is -2.13. The molecule has 0 aliphatic rings. The molecule has 0 bridgehead atoms. The predicted octanol–water partition coefficient (Wildman–Crippen LogP) is 4.55. The Bertz CT molecular complexity index is 1650. The molecule has 0 aliphatic carbocycles. The van der Waals surface area contributed by atoms with E-state index in [1.807, 2.05) is 48.5 Å². The Morgan fingerprint density at radius 1 is 0.561 bits per heavy atom. The first-order valence-electron chi connectivity index (χ1n) is 12.7. The molecule has 6 rings (SSSR count). The highest BCUT2D eigenvalue weighted by Gasteiger charge is 2.15. The number of rotatable bonds is 10. The lowest BCUT2D eigenvalue weighted by Crippen LogP contribution is -2.11. The predicted molar refractivity (Wildman–Crippen MR) is 149 cm³/mol. The van der Waals surface area contributed by atoms with Crippen LogP contribution in [0.25, 0.3) is 33.4 Å². The van der Waals surface area contributed by atoms with Gasteiger partial charge >= 0.3 is 0 Å². The second-order valence-corrected chi connectivity index (χ2v) is 9.22.